The lowest BCUT2D eigenvalue weighted by molar-refractivity contribution is -0.117. The minimum Gasteiger partial charge on any atom is -0.378 e. The van der Waals surface area contributed by atoms with E-state index < -0.39 is 0 Å². The first-order valence-corrected chi connectivity index (χ1v) is 8.14. The maximum atomic E-state index is 12.2. The third kappa shape index (κ3) is 5.04. The molecule has 1 aromatic carbocycles. The molecule has 0 aliphatic carbocycles. The van der Waals surface area contributed by atoms with Crippen molar-refractivity contribution < 1.29 is 14.3 Å². The third-order valence-corrected chi connectivity index (χ3v) is 3.90. The van der Waals surface area contributed by atoms with E-state index in [1.807, 2.05) is 13.8 Å². The summed E-state index contributed by atoms with van der Waals surface area (Å²) in [5, 5.41) is 6.10. The Morgan fingerprint density at radius 2 is 1.96 bits per heavy atom. The quantitative estimate of drug-likeness (QED) is 0.833. The highest BCUT2D eigenvalue weighted by Crippen LogP contribution is 2.12. The Kier molecular flexibility index (Phi) is 6.55. The van der Waals surface area contributed by atoms with E-state index in [1.165, 1.54) is 0 Å². The third-order valence-electron chi connectivity index (χ3n) is 3.90. The first kappa shape index (κ1) is 17.4. The number of anilines is 1. The standard InChI is InChI=1S/C17H25N3O3/c1-3-20(4-2)17(22)13-5-7-14(8-6-13)19-16(21)11-15-12-23-10-9-18-15/h5-8,15,18H,3-4,9-12H2,1-2H3,(H,19,21). The zero-order valence-corrected chi connectivity index (χ0v) is 13.8. The second kappa shape index (κ2) is 8.64. The van der Waals surface area contributed by atoms with Gasteiger partial charge in [-0.3, -0.25) is 9.59 Å². The van der Waals surface area contributed by atoms with Crippen LogP contribution in [0.3, 0.4) is 0 Å². The number of benzene rings is 1. The molecule has 1 aliphatic heterocycles. The van der Waals surface area contributed by atoms with Gasteiger partial charge in [0.15, 0.2) is 0 Å². The first-order chi connectivity index (χ1) is 11.1. The molecule has 1 aromatic rings. The number of rotatable bonds is 6. The number of hydrogen-bond acceptors (Lipinski definition) is 4. The summed E-state index contributed by atoms with van der Waals surface area (Å²) in [7, 11) is 0. The van der Waals surface area contributed by atoms with E-state index in [0.29, 0.717) is 44.0 Å². The molecule has 1 atom stereocenters. The first-order valence-electron chi connectivity index (χ1n) is 8.14. The molecule has 0 bridgehead atoms. The molecular formula is C17H25N3O3. The predicted octanol–water partition coefficient (Wildman–Crippen LogP) is 1.49. The lowest BCUT2D eigenvalue weighted by Gasteiger charge is -2.23. The Labute approximate surface area is 137 Å². The number of morpholine rings is 1. The van der Waals surface area contributed by atoms with E-state index in [0.717, 1.165) is 6.54 Å². The van der Waals surface area contributed by atoms with Gasteiger partial charge in [0.2, 0.25) is 5.91 Å². The van der Waals surface area contributed by atoms with E-state index in [2.05, 4.69) is 10.6 Å². The second-order valence-corrected chi connectivity index (χ2v) is 5.53. The van der Waals surface area contributed by atoms with Gasteiger partial charge in [-0.25, -0.2) is 0 Å². The minimum atomic E-state index is -0.0594. The summed E-state index contributed by atoms with van der Waals surface area (Å²) in [6, 6.07) is 7.09. The molecule has 6 nitrogen and oxygen atoms in total. The molecule has 1 saturated heterocycles. The monoisotopic (exact) mass is 319 g/mol. The number of hydrogen-bond donors (Lipinski definition) is 2. The van der Waals surface area contributed by atoms with E-state index >= 15 is 0 Å². The van der Waals surface area contributed by atoms with Crippen LogP contribution in [0.25, 0.3) is 0 Å². The van der Waals surface area contributed by atoms with Gasteiger partial charge in [0.1, 0.15) is 0 Å². The zero-order chi connectivity index (χ0) is 16.7. The summed E-state index contributed by atoms with van der Waals surface area (Å²) in [6.07, 6.45) is 0.375. The number of nitrogens with zero attached hydrogens (tertiary/aromatic N) is 1. The Hall–Kier alpha value is -1.92. The Balaban J connectivity index is 1.89. The van der Waals surface area contributed by atoms with Crippen LogP contribution < -0.4 is 10.6 Å². The molecule has 2 rings (SSSR count). The number of carbonyl (C=O) groups excluding carboxylic acids is 2. The summed E-state index contributed by atoms with van der Waals surface area (Å²) < 4.78 is 5.33. The molecule has 0 radical (unpaired) electrons. The number of nitrogens with one attached hydrogen (secondary N) is 2. The molecule has 6 heteroatoms. The molecule has 1 unspecified atom stereocenters. The molecule has 0 saturated carbocycles. The molecule has 0 aromatic heterocycles. The van der Waals surface area contributed by atoms with E-state index in [4.69, 9.17) is 4.74 Å². The van der Waals surface area contributed by atoms with E-state index in [1.54, 1.807) is 29.2 Å². The van der Waals surface area contributed by atoms with Crippen LogP contribution in [0.4, 0.5) is 5.69 Å². The van der Waals surface area contributed by atoms with Crippen LogP contribution in [-0.2, 0) is 9.53 Å². The van der Waals surface area contributed by atoms with Crippen molar-refractivity contribution in [1.82, 2.24) is 10.2 Å². The van der Waals surface area contributed by atoms with Gasteiger partial charge in [-0.15, -0.1) is 0 Å². The Morgan fingerprint density at radius 3 is 2.52 bits per heavy atom. The number of amides is 2. The van der Waals surface area contributed by atoms with Crippen LogP contribution in [0.5, 0.6) is 0 Å². The van der Waals surface area contributed by atoms with Crippen LogP contribution >= 0.6 is 0 Å². The average molecular weight is 319 g/mol. The number of carbonyl (C=O) groups is 2. The maximum Gasteiger partial charge on any atom is 0.253 e. The summed E-state index contributed by atoms with van der Waals surface area (Å²) in [5.74, 6) is -0.0488. The van der Waals surface area contributed by atoms with Crippen LogP contribution in [0.15, 0.2) is 24.3 Å². The molecule has 2 N–H and O–H groups in total. The topological polar surface area (TPSA) is 70.7 Å². The molecular weight excluding hydrogens is 294 g/mol. The smallest absolute Gasteiger partial charge is 0.253 e. The van der Waals surface area contributed by atoms with Crippen LogP contribution in [0, 0.1) is 0 Å². The van der Waals surface area contributed by atoms with Gasteiger partial charge < -0.3 is 20.3 Å². The number of ether oxygens (including phenoxy) is 1. The minimum absolute atomic E-state index is 0.0106. The lowest BCUT2D eigenvalue weighted by Crippen LogP contribution is -2.43. The Morgan fingerprint density at radius 1 is 1.26 bits per heavy atom. The van der Waals surface area contributed by atoms with Crippen molar-refractivity contribution in [3.63, 3.8) is 0 Å². The van der Waals surface area contributed by atoms with Gasteiger partial charge in [0, 0.05) is 43.3 Å². The predicted molar refractivity (Wildman–Crippen MR) is 89.5 cm³/mol. The summed E-state index contributed by atoms with van der Waals surface area (Å²) in [6.45, 7) is 7.32. The molecule has 126 valence electrons. The van der Waals surface area contributed by atoms with Crippen LogP contribution in [0.2, 0.25) is 0 Å². The zero-order valence-electron chi connectivity index (χ0n) is 13.8. The highest BCUT2D eigenvalue weighted by atomic mass is 16.5. The van der Waals surface area contributed by atoms with Crippen molar-refractivity contribution in [2.45, 2.75) is 26.3 Å². The normalized spacial score (nSPS) is 17.6. The van der Waals surface area contributed by atoms with Gasteiger partial charge in [-0.1, -0.05) is 0 Å². The summed E-state index contributed by atoms with van der Waals surface area (Å²) in [5.41, 5.74) is 1.33. The van der Waals surface area contributed by atoms with Gasteiger partial charge in [0.25, 0.3) is 5.91 Å². The maximum absolute atomic E-state index is 12.2. The second-order valence-electron chi connectivity index (χ2n) is 5.53. The van der Waals surface area contributed by atoms with Crippen molar-refractivity contribution >= 4 is 17.5 Å². The van der Waals surface area contributed by atoms with Gasteiger partial charge in [0.05, 0.1) is 13.2 Å². The van der Waals surface area contributed by atoms with Crippen molar-refractivity contribution in [1.29, 1.82) is 0 Å². The van der Waals surface area contributed by atoms with Gasteiger partial charge in [-0.05, 0) is 38.1 Å². The lowest BCUT2D eigenvalue weighted by atomic mass is 10.1. The van der Waals surface area contributed by atoms with Crippen LogP contribution in [0.1, 0.15) is 30.6 Å². The summed E-state index contributed by atoms with van der Waals surface area (Å²) in [4.78, 5) is 26.0. The van der Waals surface area contributed by atoms with Crippen molar-refractivity contribution in [2.24, 2.45) is 0 Å². The van der Waals surface area contributed by atoms with Gasteiger partial charge >= 0.3 is 0 Å². The van der Waals surface area contributed by atoms with E-state index in [-0.39, 0.29) is 17.9 Å². The fourth-order valence-electron chi connectivity index (χ4n) is 2.58. The molecule has 23 heavy (non-hydrogen) atoms. The van der Waals surface area contributed by atoms with E-state index in [9.17, 15) is 9.59 Å². The molecule has 1 aliphatic rings. The molecule has 2 amide bonds. The average Bonchev–Trinajstić information content (AvgIpc) is 2.57. The fourth-order valence-corrected chi connectivity index (χ4v) is 2.58. The Bertz CT molecular complexity index is 520. The highest BCUT2D eigenvalue weighted by Gasteiger charge is 2.17. The largest absolute Gasteiger partial charge is 0.378 e. The molecule has 1 heterocycles. The highest BCUT2D eigenvalue weighted by molar-refractivity contribution is 5.95. The van der Waals surface area contributed by atoms with Crippen molar-refractivity contribution in [3.05, 3.63) is 29.8 Å². The fraction of sp³-hybridized carbons (Fsp3) is 0.529. The molecule has 0 spiro atoms. The summed E-state index contributed by atoms with van der Waals surface area (Å²) >= 11 is 0. The van der Waals surface area contributed by atoms with Gasteiger partial charge in [-0.2, -0.15) is 0 Å². The van der Waals surface area contributed by atoms with Crippen molar-refractivity contribution in [3.8, 4) is 0 Å². The van der Waals surface area contributed by atoms with Crippen molar-refractivity contribution in [2.75, 3.05) is 38.2 Å². The molecule has 1 fully saturated rings. The SMILES string of the molecule is CCN(CC)C(=O)c1ccc(NC(=O)CC2COCCN2)cc1. The van der Waals surface area contributed by atoms with Crippen LogP contribution in [-0.4, -0.2) is 55.6 Å².